The van der Waals surface area contributed by atoms with Gasteiger partial charge in [0.1, 0.15) is 11.2 Å². The van der Waals surface area contributed by atoms with Crippen LogP contribution in [0.5, 0.6) is 0 Å². The fourth-order valence-electron chi connectivity index (χ4n) is 6.10. The Morgan fingerprint density at radius 1 is 0.432 bits per heavy atom. The van der Waals surface area contributed by atoms with E-state index in [9.17, 15) is 0 Å². The zero-order valence-electron chi connectivity index (χ0n) is 23.4. The second-order valence-corrected chi connectivity index (χ2v) is 11.9. The summed E-state index contributed by atoms with van der Waals surface area (Å²) in [7, 11) is 0. The predicted molar refractivity (Wildman–Crippen MR) is 182 cm³/mol. The van der Waals surface area contributed by atoms with Gasteiger partial charge in [0.2, 0.25) is 0 Å². The molecule has 0 fully saturated rings. The third kappa shape index (κ3) is 4.02. The van der Waals surface area contributed by atoms with Crippen LogP contribution in [-0.4, -0.2) is 15.0 Å². The maximum atomic E-state index is 6.38. The van der Waals surface area contributed by atoms with Crippen LogP contribution in [0.15, 0.2) is 144 Å². The van der Waals surface area contributed by atoms with Gasteiger partial charge in [-0.2, -0.15) is 0 Å². The molecule has 4 nitrogen and oxygen atoms in total. The van der Waals surface area contributed by atoms with E-state index in [0.29, 0.717) is 17.5 Å². The second-order valence-electron chi connectivity index (χ2n) is 10.8. The second kappa shape index (κ2) is 9.97. The summed E-state index contributed by atoms with van der Waals surface area (Å²) in [6.45, 7) is 0. The summed E-state index contributed by atoms with van der Waals surface area (Å²) in [4.78, 5) is 15.3. The molecule has 3 heterocycles. The van der Waals surface area contributed by atoms with Crippen molar-refractivity contribution in [3.05, 3.63) is 140 Å². The van der Waals surface area contributed by atoms with Gasteiger partial charge in [0.15, 0.2) is 17.5 Å². The third-order valence-corrected chi connectivity index (χ3v) is 9.31. The molecule has 0 saturated carbocycles. The van der Waals surface area contributed by atoms with Crippen molar-refractivity contribution in [2.24, 2.45) is 0 Å². The van der Waals surface area contributed by atoms with E-state index in [1.165, 1.54) is 20.2 Å². The Morgan fingerprint density at radius 3 is 1.80 bits per heavy atom. The molecule has 44 heavy (non-hydrogen) atoms. The molecule has 0 aliphatic carbocycles. The summed E-state index contributed by atoms with van der Waals surface area (Å²) in [5.74, 6) is 1.87. The van der Waals surface area contributed by atoms with E-state index in [0.717, 1.165) is 49.8 Å². The molecule has 0 aliphatic heterocycles. The number of thiophene rings is 1. The van der Waals surface area contributed by atoms with Gasteiger partial charge in [-0.05, 0) is 47.5 Å². The van der Waals surface area contributed by atoms with Gasteiger partial charge in [-0.1, -0.05) is 103 Å². The Bertz CT molecular complexity index is 2440. The highest BCUT2D eigenvalue weighted by Crippen LogP contribution is 2.44. The van der Waals surface area contributed by atoms with Crippen molar-refractivity contribution in [2.45, 2.75) is 0 Å². The minimum atomic E-state index is 0.611. The molecule has 9 aromatic rings. The predicted octanol–water partition coefficient (Wildman–Crippen LogP) is 10.8. The minimum Gasteiger partial charge on any atom is -0.456 e. The lowest BCUT2D eigenvalue weighted by molar-refractivity contribution is 0.669. The highest BCUT2D eigenvalue weighted by Gasteiger charge is 2.22. The summed E-state index contributed by atoms with van der Waals surface area (Å²) in [6.07, 6.45) is 0. The van der Waals surface area contributed by atoms with Crippen LogP contribution in [0.4, 0.5) is 0 Å². The van der Waals surface area contributed by atoms with Crippen molar-refractivity contribution >= 4 is 53.4 Å². The van der Waals surface area contributed by atoms with Crippen LogP contribution in [0.2, 0.25) is 0 Å². The lowest BCUT2D eigenvalue weighted by atomic mass is 9.93. The molecular weight excluding hydrogens is 559 g/mol. The van der Waals surface area contributed by atoms with E-state index in [1.54, 1.807) is 0 Å². The van der Waals surface area contributed by atoms with Crippen LogP contribution in [-0.2, 0) is 0 Å². The van der Waals surface area contributed by atoms with Crippen LogP contribution in [0, 0.1) is 0 Å². The number of rotatable bonds is 4. The van der Waals surface area contributed by atoms with E-state index < -0.39 is 0 Å². The first-order chi connectivity index (χ1) is 21.8. The largest absolute Gasteiger partial charge is 0.456 e. The molecular formula is C39H23N3OS. The number of para-hydroxylation sites is 1. The van der Waals surface area contributed by atoms with Gasteiger partial charge >= 0.3 is 0 Å². The van der Waals surface area contributed by atoms with Gasteiger partial charge < -0.3 is 4.42 Å². The third-order valence-electron chi connectivity index (χ3n) is 8.15. The highest BCUT2D eigenvalue weighted by molar-refractivity contribution is 7.25. The van der Waals surface area contributed by atoms with E-state index in [-0.39, 0.29) is 0 Å². The van der Waals surface area contributed by atoms with E-state index in [1.807, 2.05) is 84.1 Å². The van der Waals surface area contributed by atoms with Crippen molar-refractivity contribution < 1.29 is 4.42 Å². The van der Waals surface area contributed by atoms with Gasteiger partial charge in [0.05, 0.1) is 0 Å². The number of furan rings is 1. The van der Waals surface area contributed by atoms with E-state index in [2.05, 4.69) is 66.7 Å². The van der Waals surface area contributed by atoms with Crippen LogP contribution in [0.25, 0.3) is 87.4 Å². The van der Waals surface area contributed by atoms with Crippen molar-refractivity contribution in [2.75, 3.05) is 0 Å². The van der Waals surface area contributed by atoms with Gasteiger partial charge in [-0.3, -0.25) is 0 Å². The zero-order valence-corrected chi connectivity index (χ0v) is 24.3. The SMILES string of the molecule is c1ccc(-c2nc(-c3ccccc3)nc(-c3c(-c4ccc5sc6ccccc6c5c4)ccc4oc5ccccc5c34)n2)cc1. The number of hydrogen-bond acceptors (Lipinski definition) is 5. The lowest BCUT2D eigenvalue weighted by Crippen LogP contribution is -2.01. The molecule has 6 aromatic carbocycles. The molecule has 0 atom stereocenters. The molecule has 5 heteroatoms. The number of hydrogen-bond donors (Lipinski definition) is 0. The fourth-order valence-corrected chi connectivity index (χ4v) is 7.19. The molecule has 3 aromatic heterocycles. The van der Waals surface area contributed by atoms with Gasteiger partial charge in [-0.25, -0.2) is 15.0 Å². The normalized spacial score (nSPS) is 11.6. The number of benzene rings is 6. The van der Waals surface area contributed by atoms with Gasteiger partial charge in [0.25, 0.3) is 0 Å². The summed E-state index contributed by atoms with van der Waals surface area (Å²) in [5.41, 5.74) is 6.59. The monoisotopic (exact) mass is 581 g/mol. The Morgan fingerprint density at radius 2 is 1.05 bits per heavy atom. The van der Waals surface area contributed by atoms with Crippen LogP contribution >= 0.6 is 11.3 Å². The molecule has 9 rings (SSSR count). The van der Waals surface area contributed by atoms with Crippen molar-refractivity contribution in [1.82, 2.24) is 15.0 Å². The minimum absolute atomic E-state index is 0.611. The first-order valence-corrected chi connectivity index (χ1v) is 15.3. The van der Waals surface area contributed by atoms with E-state index >= 15 is 0 Å². The summed E-state index contributed by atoms with van der Waals surface area (Å²) in [5, 5.41) is 4.54. The number of aromatic nitrogens is 3. The Hall–Kier alpha value is -5.65. The van der Waals surface area contributed by atoms with Crippen LogP contribution < -0.4 is 0 Å². The molecule has 0 amide bonds. The molecule has 0 unspecified atom stereocenters. The highest BCUT2D eigenvalue weighted by atomic mass is 32.1. The fraction of sp³-hybridized carbons (Fsp3) is 0. The molecule has 0 aliphatic rings. The molecule has 0 saturated heterocycles. The Balaban J connectivity index is 1.39. The average molecular weight is 582 g/mol. The smallest absolute Gasteiger partial charge is 0.165 e. The van der Waals surface area contributed by atoms with Gasteiger partial charge in [0, 0.05) is 47.6 Å². The van der Waals surface area contributed by atoms with Crippen molar-refractivity contribution in [1.29, 1.82) is 0 Å². The summed E-state index contributed by atoms with van der Waals surface area (Å²) in [6, 6.07) is 48.0. The number of fused-ring (bicyclic) bond motifs is 6. The molecule has 0 N–H and O–H groups in total. The van der Waals surface area contributed by atoms with Crippen molar-refractivity contribution in [3.8, 4) is 45.3 Å². The molecule has 0 spiro atoms. The maximum Gasteiger partial charge on any atom is 0.165 e. The maximum absolute atomic E-state index is 6.38. The molecule has 0 bridgehead atoms. The summed E-state index contributed by atoms with van der Waals surface area (Å²) >= 11 is 1.82. The topological polar surface area (TPSA) is 51.8 Å². The zero-order chi connectivity index (χ0) is 29.0. The van der Waals surface area contributed by atoms with Crippen LogP contribution in [0.3, 0.4) is 0 Å². The summed E-state index contributed by atoms with van der Waals surface area (Å²) < 4.78 is 8.93. The molecule has 206 valence electrons. The average Bonchev–Trinajstić information content (AvgIpc) is 3.66. The lowest BCUT2D eigenvalue weighted by Gasteiger charge is -2.13. The van der Waals surface area contributed by atoms with Gasteiger partial charge in [-0.15, -0.1) is 11.3 Å². The first-order valence-electron chi connectivity index (χ1n) is 14.5. The Kier molecular flexibility index (Phi) is 5.64. The van der Waals surface area contributed by atoms with Crippen molar-refractivity contribution in [3.63, 3.8) is 0 Å². The molecule has 0 radical (unpaired) electrons. The van der Waals surface area contributed by atoms with Crippen LogP contribution in [0.1, 0.15) is 0 Å². The van der Waals surface area contributed by atoms with E-state index in [4.69, 9.17) is 19.4 Å². The number of nitrogens with zero attached hydrogens (tertiary/aromatic N) is 3. The Labute approximate surface area is 256 Å². The first kappa shape index (κ1) is 24.9. The standard InChI is InChI=1S/C39H23N3OS/c1-3-11-24(12-4-1)37-40-38(25-13-5-2-6-14-25)42-39(41-37)36-27(20-21-32-35(36)29-16-7-9-17-31(29)43-32)26-19-22-34-30(23-26)28-15-8-10-18-33(28)44-34/h1-23H. The quantitative estimate of drug-likeness (QED) is 0.207.